The van der Waals surface area contributed by atoms with Crippen LogP contribution in [0, 0.1) is 0 Å². The standard InChI is InChI=1S/C24H22N2O3S/c1-3-14-29-19-12-7-11-18(16-19)26-23(27)21(20-13-8-15-30-20)22(24(26)28)25(2)17-9-5-4-6-10-17/h4-13,15-16H,3,14H2,1-2H3. The Morgan fingerprint density at radius 3 is 2.47 bits per heavy atom. The number of benzene rings is 2. The molecule has 0 N–H and O–H groups in total. The Hall–Kier alpha value is -3.38. The summed E-state index contributed by atoms with van der Waals surface area (Å²) in [6.45, 7) is 2.60. The average molecular weight is 419 g/mol. The van der Waals surface area contributed by atoms with Crippen molar-refractivity contribution in [2.45, 2.75) is 13.3 Å². The van der Waals surface area contributed by atoms with Crippen LogP contribution < -0.4 is 14.5 Å². The second-order valence-electron chi connectivity index (χ2n) is 6.89. The summed E-state index contributed by atoms with van der Waals surface area (Å²) >= 11 is 1.44. The Balaban J connectivity index is 1.78. The first-order valence-corrected chi connectivity index (χ1v) is 10.7. The van der Waals surface area contributed by atoms with Gasteiger partial charge in [0.1, 0.15) is 11.4 Å². The van der Waals surface area contributed by atoms with E-state index in [0.29, 0.717) is 29.3 Å². The Morgan fingerprint density at radius 1 is 0.967 bits per heavy atom. The summed E-state index contributed by atoms with van der Waals surface area (Å²) < 4.78 is 5.70. The zero-order valence-electron chi connectivity index (χ0n) is 16.9. The SMILES string of the molecule is CCCOc1cccc(N2C(=O)C(c3cccs3)=C(N(C)c3ccccc3)C2=O)c1. The van der Waals surface area contributed by atoms with E-state index in [1.807, 2.05) is 67.9 Å². The van der Waals surface area contributed by atoms with Gasteiger partial charge < -0.3 is 9.64 Å². The van der Waals surface area contributed by atoms with E-state index in [4.69, 9.17) is 4.74 Å². The van der Waals surface area contributed by atoms with Crippen LogP contribution in [0.5, 0.6) is 5.75 Å². The van der Waals surface area contributed by atoms with Crippen LogP contribution in [-0.2, 0) is 9.59 Å². The first-order chi connectivity index (χ1) is 14.6. The number of nitrogens with zero attached hydrogens (tertiary/aromatic N) is 2. The number of para-hydroxylation sites is 1. The van der Waals surface area contributed by atoms with Gasteiger partial charge in [0.15, 0.2) is 0 Å². The second kappa shape index (κ2) is 8.55. The fourth-order valence-electron chi connectivity index (χ4n) is 3.42. The van der Waals surface area contributed by atoms with E-state index in [-0.39, 0.29) is 11.8 Å². The number of hydrogen-bond donors (Lipinski definition) is 0. The summed E-state index contributed by atoms with van der Waals surface area (Å²) in [5, 5.41) is 1.90. The minimum absolute atomic E-state index is 0.326. The van der Waals surface area contributed by atoms with Crippen molar-refractivity contribution in [2.24, 2.45) is 0 Å². The molecule has 0 unspecified atom stereocenters. The van der Waals surface area contributed by atoms with Crippen molar-refractivity contribution in [1.29, 1.82) is 0 Å². The average Bonchev–Trinajstić information content (AvgIpc) is 3.38. The molecule has 30 heavy (non-hydrogen) atoms. The number of carbonyl (C=O) groups excluding carboxylic acids is 2. The number of anilines is 2. The molecule has 2 aromatic carbocycles. The first-order valence-electron chi connectivity index (χ1n) is 9.80. The van der Waals surface area contributed by atoms with E-state index in [2.05, 4.69) is 0 Å². The van der Waals surface area contributed by atoms with Crippen LogP contribution in [0.2, 0.25) is 0 Å². The molecule has 0 atom stereocenters. The van der Waals surface area contributed by atoms with Crippen LogP contribution in [-0.4, -0.2) is 25.5 Å². The monoisotopic (exact) mass is 418 g/mol. The molecule has 0 aliphatic carbocycles. The quantitative estimate of drug-likeness (QED) is 0.509. The van der Waals surface area contributed by atoms with Crippen molar-refractivity contribution in [2.75, 3.05) is 23.5 Å². The van der Waals surface area contributed by atoms with Gasteiger partial charge in [-0.15, -0.1) is 11.3 Å². The van der Waals surface area contributed by atoms with Gasteiger partial charge in [-0.2, -0.15) is 0 Å². The van der Waals surface area contributed by atoms with Gasteiger partial charge >= 0.3 is 0 Å². The van der Waals surface area contributed by atoms with Gasteiger partial charge in [0.2, 0.25) is 0 Å². The lowest BCUT2D eigenvalue weighted by Gasteiger charge is -2.21. The molecule has 1 aliphatic heterocycles. The summed E-state index contributed by atoms with van der Waals surface area (Å²) in [5.41, 5.74) is 2.13. The number of thiophene rings is 1. The maximum absolute atomic E-state index is 13.5. The van der Waals surface area contributed by atoms with Gasteiger partial charge in [-0.3, -0.25) is 9.59 Å². The number of ether oxygens (including phenoxy) is 1. The maximum atomic E-state index is 13.5. The summed E-state index contributed by atoms with van der Waals surface area (Å²) in [6, 6.07) is 20.4. The van der Waals surface area contributed by atoms with Gasteiger partial charge in [0.05, 0.1) is 17.9 Å². The molecule has 1 aromatic heterocycles. The number of hydrogen-bond acceptors (Lipinski definition) is 5. The topological polar surface area (TPSA) is 49.9 Å². The van der Waals surface area contributed by atoms with E-state index in [1.165, 1.54) is 16.2 Å². The zero-order valence-corrected chi connectivity index (χ0v) is 17.7. The van der Waals surface area contributed by atoms with Gasteiger partial charge in [-0.1, -0.05) is 37.3 Å². The Bertz CT molecular complexity index is 1090. The molecule has 4 rings (SSSR count). The van der Waals surface area contributed by atoms with Crippen LogP contribution in [0.4, 0.5) is 11.4 Å². The Kier molecular flexibility index (Phi) is 5.68. The molecule has 152 valence electrons. The highest BCUT2D eigenvalue weighted by atomic mass is 32.1. The van der Waals surface area contributed by atoms with Crippen molar-refractivity contribution < 1.29 is 14.3 Å². The molecule has 0 saturated carbocycles. The number of amides is 2. The zero-order chi connectivity index (χ0) is 21.1. The normalized spacial score (nSPS) is 13.9. The van der Waals surface area contributed by atoms with Crippen LogP contribution in [0.1, 0.15) is 18.2 Å². The molecule has 5 nitrogen and oxygen atoms in total. The van der Waals surface area contributed by atoms with Crippen molar-refractivity contribution in [3.63, 3.8) is 0 Å². The smallest absolute Gasteiger partial charge is 0.282 e. The molecule has 0 fully saturated rings. The summed E-state index contributed by atoms with van der Waals surface area (Å²) in [7, 11) is 1.81. The minimum atomic E-state index is -0.345. The highest BCUT2D eigenvalue weighted by molar-refractivity contribution is 7.11. The van der Waals surface area contributed by atoms with Crippen molar-refractivity contribution in [3.05, 3.63) is 82.7 Å². The molecular formula is C24H22N2O3S. The maximum Gasteiger partial charge on any atom is 0.282 e. The van der Waals surface area contributed by atoms with Crippen LogP contribution in [0.3, 0.4) is 0 Å². The molecule has 2 amide bonds. The second-order valence-corrected chi connectivity index (χ2v) is 7.83. The largest absolute Gasteiger partial charge is 0.494 e. The third-order valence-electron chi connectivity index (χ3n) is 4.85. The number of likely N-dealkylation sites (N-methyl/N-ethyl adjacent to an activating group) is 1. The molecule has 2 heterocycles. The van der Waals surface area contributed by atoms with Gasteiger partial charge in [-0.25, -0.2) is 4.90 Å². The number of imide groups is 1. The number of rotatable bonds is 7. The minimum Gasteiger partial charge on any atom is -0.494 e. The first kappa shape index (κ1) is 19.9. The number of carbonyl (C=O) groups is 2. The summed E-state index contributed by atoms with van der Waals surface area (Å²) in [5.74, 6) is -0.0345. The highest BCUT2D eigenvalue weighted by Crippen LogP contribution is 2.38. The third-order valence-corrected chi connectivity index (χ3v) is 5.74. The molecule has 6 heteroatoms. The Labute approximate surface area is 179 Å². The van der Waals surface area contributed by atoms with E-state index in [1.54, 1.807) is 23.1 Å². The third kappa shape index (κ3) is 3.62. The molecule has 0 bridgehead atoms. The Morgan fingerprint density at radius 2 is 1.77 bits per heavy atom. The van der Waals surface area contributed by atoms with Crippen LogP contribution >= 0.6 is 11.3 Å². The molecule has 0 saturated heterocycles. The van der Waals surface area contributed by atoms with E-state index in [0.717, 1.165) is 17.0 Å². The van der Waals surface area contributed by atoms with E-state index < -0.39 is 0 Å². The highest BCUT2D eigenvalue weighted by Gasteiger charge is 2.42. The summed E-state index contributed by atoms with van der Waals surface area (Å²) in [4.78, 5) is 30.8. The molecule has 3 aromatic rings. The predicted octanol–water partition coefficient (Wildman–Crippen LogP) is 4.96. The predicted molar refractivity (Wildman–Crippen MR) is 121 cm³/mol. The van der Waals surface area contributed by atoms with Crippen molar-refractivity contribution >= 4 is 40.1 Å². The van der Waals surface area contributed by atoms with Crippen molar-refractivity contribution in [3.8, 4) is 5.75 Å². The van der Waals surface area contributed by atoms with Crippen molar-refractivity contribution in [1.82, 2.24) is 0 Å². The lowest BCUT2D eigenvalue weighted by molar-refractivity contribution is -0.120. The van der Waals surface area contributed by atoms with Gasteiger partial charge in [-0.05, 0) is 42.1 Å². The lowest BCUT2D eigenvalue weighted by Crippen LogP contribution is -2.34. The van der Waals surface area contributed by atoms with Gasteiger partial charge in [0.25, 0.3) is 11.8 Å². The van der Waals surface area contributed by atoms with E-state index in [9.17, 15) is 9.59 Å². The van der Waals surface area contributed by atoms with Gasteiger partial charge in [0, 0.05) is 23.7 Å². The fraction of sp³-hybridized carbons (Fsp3) is 0.167. The molecular weight excluding hydrogens is 396 g/mol. The summed E-state index contributed by atoms with van der Waals surface area (Å²) in [6.07, 6.45) is 0.877. The molecule has 0 spiro atoms. The van der Waals surface area contributed by atoms with E-state index >= 15 is 0 Å². The van der Waals surface area contributed by atoms with Crippen LogP contribution in [0.15, 0.2) is 77.8 Å². The molecule has 0 radical (unpaired) electrons. The molecule has 1 aliphatic rings. The van der Waals surface area contributed by atoms with Crippen LogP contribution in [0.25, 0.3) is 5.57 Å². The lowest BCUT2D eigenvalue weighted by atomic mass is 10.1. The fourth-order valence-corrected chi connectivity index (χ4v) is 4.18.